The molecule has 0 unspecified atom stereocenters. The van der Waals surface area contributed by atoms with Crippen LogP contribution >= 0.6 is 20.2 Å². The first-order chi connectivity index (χ1) is 20.4. The minimum absolute atomic E-state index is 0. The van der Waals surface area contributed by atoms with E-state index in [2.05, 4.69) is 18.9 Å². The number of nitrogens with two attached hydrogens (primary N) is 1. The average molecular weight is 660 g/mol. The van der Waals surface area contributed by atoms with Gasteiger partial charge in [0.1, 0.15) is 23.6 Å². The Labute approximate surface area is 266 Å². The topological polar surface area (TPSA) is 169 Å². The van der Waals surface area contributed by atoms with Crippen molar-refractivity contribution in [3.05, 3.63) is 64.7 Å². The molecule has 2 aromatic rings. The molecule has 0 heterocycles. The van der Waals surface area contributed by atoms with Gasteiger partial charge in [0.2, 0.25) is 0 Å². The maximum absolute atomic E-state index is 13.4. The Morgan fingerprint density at radius 3 is 1.66 bits per heavy atom. The Morgan fingerprint density at radius 2 is 1.25 bits per heavy atom. The number of non-ortho nitro benzene ring substituents is 1. The molecule has 248 valence electrons. The lowest BCUT2D eigenvalue weighted by Crippen LogP contribution is -2.36. The van der Waals surface area contributed by atoms with Gasteiger partial charge in [0.15, 0.2) is 0 Å². The van der Waals surface area contributed by atoms with Crippen LogP contribution in [0.5, 0.6) is 11.5 Å². The Bertz CT molecular complexity index is 1160. The highest BCUT2D eigenvalue weighted by molar-refractivity contribution is 7.52. The van der Waals surface area contributed by atoms with Gasteiger partial charge < -0.3 is 24.3 Å². The van der Waals surface area contributed by atoms with Crippen molar-refractivity contribution in [3.8, 4) is 11.5 Å². The Hall–Kier alpha value is -3.18. The number of rotatable bonds is 17. The molecule has 2 aromatic carbocycles. The summed E-state index contributed by atoms with van der Waals surface area (Å²) in [6.45, 7) is 12.1. The van der Waals surface area contributed by atoms with Gasteiger partial charge in [-0.2, -0.15) is 5.09 Å². The second-order valence-corrected chi connectivity index (χ2v) is 11.6. The van der Waals surface area contributed by atoms with Gasteiger partial charge in [0, 0.05) is 12.1 Å². The van der Waals surface area contributed by atoms with Gasteiger partial charge in [0.05, 0.1) is 18.1 Å². The van der Waals surface area contributed by atoms with Crippen LogP contribution in [0.4, 0.5) is 5.69 Å². The molecule has 3 atom stereocenters. The van der Waals surface area contributed by atoms with Crippen LogP contribution in [0.25, 0.3) is 0 Å². The summed E-state index contributed by atoms with van der Waals surface area (Å²) in [5, 5.41) is 13.4. The van der Waals surface area contributed by atoms with Crippen molar-refractivity contribution in [2.45, 2.75) is 79.3 Å². The molecule has 0 saturated heterocycles. The molecule has 0 amide bonds. The van der Waals surface area contributed by atoms with Gasteiger partial charge in [0.25, 0.3) is 5.69 Å². The van der Waals surface area contributed by atoms with Gasteiger partial charge in [-0.3, -0.25) is 19.7 Å². The molecule has 0 aliphatic heterocycles. The van der Waals surface area contributed by atoms with Crippen LogP contribution in [0.15, 0.2) is 54.6 Å². The van der Waals surface area contributed by atoms with E-state index in [1.54, 1.807) is 37.3 Å². The first-order valence-electron chi connectivity index (χ1n) is 14.5. The molecule has 0 aliphatic carbocycles. The maximum Gasteiger partial charge on any atom is 0.513 e. The van der Waals surface area contributed by atoms with E-state index >= 15 is 0 Å². The lowest BCUT2D eigenvalue weighted by molar-refractivity contribution is -0.384. The normalized spacial score (nSPS) is 13.3. The lowest BCUT2D eigenvalue weighted by Gasteiger charge is -2.23. The first-order valence-corrected chi connectivity index (χ1v) is 16.1. The number of hydrogen-bond donors (Lipinski definition) is 2. The van der Waals surface area contributed by atoms with E-state index in [9.17, 15) is 24.3 Å². The number of nitro groups is 1. The first kappa shape index (κ1) is 40.8. The van der Waals surface area contributed by atoms with E-state index in [1.165, 1.54) is 31.2 Å². The van der Waals surface area contributed by atoms with Crippen molar-refractivity contribution in [1.82, 2.24) is 5.09 Å². The summed E-state index contributed by atoms with van der Waals surface area (Å²) >= 11 is 0. The molecule has 2 rings (SSSR count). The zero-order valence-electron chi connectivity index (χ0n) is 26.3. The van der Waals surface area contributed by atoms with E-state index in [4.69, 9.17) is 24.3 Å². The largest absolute Gasteiger partial charge is 0.513 e. The molecule has 14 heteroatoms. The number of nitro benzene ring substituents is 1. The third-order valence-electron chi connectivity index (χ3n) is 6.55. The van der Waals surface area contributed by atoms with Crippen molar-refractivity contribution in [1.29, 1.82) is 0 Å². The molecule has 0 fully saturated rings. The smallest absolute Gasteiger partial charge is 0.464 e. The number of esters is 2. The monoisotopic (exact) mass is 659 g/mol. The fourth-order valence-corrected chi connectivity index (χ4v) is 4.97. The molecule has 0 aliphatic rings. The van der Waals surface area contributed by atoms with Gasteiger partial charge in [-0.25, -0.2) is 4.57 Å². The highest BCUT2D eigenvalue weighted by Crippen LogP contribution is 2.45. The highest BCUT2D eigenvalue weighted by atomic mass is 35.5. The van der Waals surface area contributed by atoms with Crippen LogP contribution in [-0.4, -0.2) is 42.2 Å². The van der Waals surface area contributed by atoms with Crippen LogP contribution in [0, 0.1) is 22.0 Å². The highest BCUT2D eigenvalue weighted by Gasteiger charge is 2.34. The third-order valence-corrected chi connectivity index (χ3v) is 8.16. The quantitative estimate of drug-likeness (QED) is 0.0787. The molecule has 3 N–H and O–H groups in total. The number of carbonyl (C=O) groups excluding carboxylic acids is 2. The molecule has 12 nitrogen and oxygen atoms in total. The number of carbonyl (C=O) groups is 2. The summed E-state index contributed by atoms with van der Waals surface area (Å²) < 4.78 is 34.8. The number of nitrogens with zero attached hydrogens (tertiary/aromatic N) is 1. The molecular weight excluding hydrogens is 613 g/mol. The van der Waals surface area contributed by atoms with Gasteiger partial charge in [-0.1, -0.05) is 71.6 Å². The Balaban J connectivity index is 0.00000121. The SMILES string of the molecule is CCC(CC)COC(=O)[C@H](C)N.CCC(CC)COC(=O)[C@H](C)N[P@](=O)(Oc1ccccc1)Oc1ccc([N+](=O)[O-])cc1.Cl. The van der Waals surface area contributed by atoms with Crippen molar-refractivity contribution in [3.63, 3.8) is 0 Å². The number of benzene rings is 2. The minimum atomic E-state index is -4.09. The molecule has 44 heavy (non-hydrogen) atoms. The Morgan fingerprint density at radius 1 is 0.818 bits per heavy atom. The van der Waals surface area contributed by atoms with Gasteiger partial charge in [-0.05, 0) is 49.9 Å². The van der Waals surface area contributed by atoms with E-state index in [1.807, 2.05) is 13.8 Å². The van der Waals surface area contributed by atoms with Gasteiger partial charge >= 0.3 is 19.7 Å². The number of ether oxygens (including phenoxy) is 2. The molecule has 0 saturated carbocycles. The van der Waals surface area contributed by atoms with E-state index < -0.39 is 30.7 Å². The average Bonchev–Trinajstić information content (AvgIpc) is 2.98. The molecule has 0 radical (unpaired) electrons. The van der Waals surface area contributed by atoms with Crippen molar-refractivity contribution >= 4 is 37.8 Å². The van der Waals surface area contributed by atoms with Crippen LogP contribution in [0.2, 0.25) is 0 Å². The van der Waals surface area contributed by atoms with Crippen molar-refractivity contribution in [2.75, 3.05) is 13.2 Å². The summed E-state index contributed by atoms with van der Waals surface area (Å²) in [5.41, 5.74) is 5.19. The fourth-order valence-electron chi connectivity index (χ4n) is 3.45. The van der Waals surface area contributed by atoms with Gasteiger partial charge in [-0.15, -0.1) is 12.4 Å². The fraction of sp³-hybridized carbons (Fsp3) is 0.533. The zero-order chi connectivity index (χ0) is 32.4. The van der Waals surface area contributed by atoms with Crippen LogP contribution in [-0.2, 0) is 23.6 Å². The van der Waals surface area contributed by atoms with Crippen molar-refractivity contribution < 1.29 is 37.6 Å². The molecular formula is C30H47ClN3O9P. The number of para-hydroxylation sites is 1. The summed E-state index contributed by atoms with van der Waals surface area (Å²) in [6, 6.07) is 11.9. The zero-order valence-corrected chi connectivity index (χ0v) is 28.0. The maximum atomic E-state index is 13.4. The molecule has 0 aromatic heterocycles. The second-order valence-electron chi connectivity index (χ2n) is 10.0. The number of nitrogens with one attached hydrogen (secondary N) is 1. The van der Waals surface area contributed by atoms with E-state index in [-0.39, 0.29) is 48.1 Å². The molecule has 0 spiro atoms. The Kier molecular flexibility index (Phi) is 20.0. The summed E-state index contributed by atoms with van der Waals surface area (Å²) in [7, 11) is -4.09. The van der Waals surface area contributed by atoms with Crippen molar-refractivity contribution in [2.24, 2.45) is 17.6 Å². The van der Waals surface area contributed by atoms with Crippen LogP contribution in [0.3, 0.4) is 0 Å². The predicted molar refractivity (Wildman–Crippen MR) is 172 cm³/mol. The minimum Gasteiger partial charge on any atom is -0.464 e. The second kappa shape index (κ2) is 21.5. The lowest BCUT2D eigenvalue weighted by atomic mass is 10.1. The summed E-state index contributed by atoms with van der Waals surface area (Å²) in [6.07, 6.45) is 3.85. The van der Waals surface area contributed by atoms with Crippen LogP contribution in [0.1, 0.15) is 67.2 Å². The van der Waals surface area contributed by atoms with Crippen LogP contribution < -0.4 is 19.9 Å². The summed E-state index contributed by atoms with van der Waals surface area (Å²) in [4.78, 5) is 33.6. The molecule has 0 bridgehead atoms. The van der Waals surface area contributed by atoms with E-state index in [0.717, 1.165) is 25.7 Å². The summed E-state index contributed by atoms with van der Waals surface area (Å²) in [5.74, 6) is 0.179. The number of halogens is 1. The standard InChI is InChI=1S/C21H27N2O7P.C9H19NO2.ClH/c1-4-17(5-2)15-28-21(24)16(3)22-31(27,29-19-9-7-6-8-10-19)30-20-13-11-18(12-14-20)23(25)26;1-4-8(5-2)6-12-9(11)7(3)10;/h6-14,16-17H,4-5,15H2,1-3H3,(H,22,27);7-8H,4-6,10H2,1-3H3;1H/t16-,31-;7-;/m00./s1. The predicted octanol–water partition coefficient (Wildman–Crippen LogP) is 6.85. The van der Waals surface area contributed by atoms with E-state index in [0.29, 0.717) is 12.5 Å². The third kappa shape index (κ3) is 15.5. The number of hydrogen-bond acceptors (Lipinski definition) is 10.